The largest absolute Gasteiger partial charge is 0.379 e. The maximum Gasteiger partial charge on any atom is 0.139 e. The van der Waals surface area contributed by atoms with Gasteiger partial charge in [-0.05, 0) is 13.0 Å². The first-order valence-electron chi connectivity index (χ1n) is 3.20. The molecular weight excluding hydrogens is 118 g/mol. The van der Waals surface area contributed by atoms with Crippen LogP contribution in [0.4, 0.5) is 0 Å². The molecule has 0 amide bonds. The van der Waals surface area contributed by atoms with Gasteiger partial charge in [0.1, 0.15) is 6.29 Å². The third-order valence-electron chi connectivity index (χ3n) is 1.33. The van der Waals surface area contributed by atoms with E-state index in [-0.39, 0.29) is 6.04 Å². The van der Waals surface area contributed by atoms with Crippen molar-refractivity contribution >= 4 is 6.29 Å². The highest BCUT2D eigenvalue weighted by atomic mass is 16.5. The van der Waals surface area contributed by atoms with Crippen LogP contribution in [0, 0.1) is 0 Å². The predicted molar refractivity (Wildman–Crippen MR) is 33.3 cm³/mol. The number of rotatable bonds is 1. The van der Waals surface area contributed by atoms with Gasteiger partial charge in [-0.1, -0.05) is 0 Å². The molecule has 0 aromatic rings. The van der Waals surface area contributed by atoms with E-state index in [4.69, 9.17) is 4.74 Å². The van der Waals surface area contributed by atoms with Crippen LogP contribution >= 0.6 is 0 Å². The minimum absolute atomic E-state index is 0.0764. The summed E-state index contributed by atoms with van der Waals surface area (Å²) in [7, 11) is 0. The van der Waals surface area contributed by atoms with Gasteiger partial charge in [0.2, 0.25) is 0 Å². The molecule has 0 aliphatic carbocycles. The lowest BCUT2D eigenvalue weighted by molar-refractivity contribution is -0.110. The summed E-state index contributed by atoms with van der Waals surface area (Å²) in [5.41, 5.74) is 0. The molecule has 0 radical (unpaired) electrons. The van der Waals surface area contributed by atoms with E-state index in [0.29, 0.717) is 6.61 Å². The molecule has 1 atom stereocenters. The van der Waals surface area contributed by atoms with Crippen LogP contribution in [0.5, 0.6) is 0 Å². The molecule has 0 bridgehead atoms. The van der Waals surface area contributed by atoms with Crippen LogP contribution in [-0.4, -0.2) is 32.1 Å². The van der Waals surface area contributed by atoms with E-state index in [2.05, 4.69) is 5.32 Å². The average molecular weight is 129 g/mol. The molecule has 1 unspecified atom stereocenters. The van der Waals surface area contributed by atoms with Crippen molar-refractivity contribution in [3.05, 3.63) is 0 Å². The molecule has 1 N–H and O–H groups in total. The van der Waals surface area contributed by atoms with E-state index < -0.39 is 0 Å². The third kappa shape index (κ3) is 2.11. The van der Waals surface area contributed by atoms with Crippen LogP contribution < -0.4 is 5.32 Å². The Labute approximate surface area is 54.4 Å². The molecule has 9 heavy (non-hydrogen) atoms. The van der Waals surface area contributed by atoms with Crippen molar-refractivity contribution in [1.29, 1.82) is 0 Å². The highest BCUT2D eigenvalue weighted by Gasteiger charge is 2.08. The van der Waals surface area contributed by atoms with Gasteiger partial charge in [-0.3, -0.25) is 0 Å². The van der Waals surface area contributed by atoms with Gasteiger partial charge in [-0.25, -0.2) is 0 Å². The van der Waals surface area contributed by atoms with Crippen molar-refractivity contribution in [2.24, 2.45) is 0 Å². The standard InChI is InChI=1S/C6H11NO2/c8-4-6-5-9-3-1-2-7-6/h4,6-7H,1-3,5H2. The fourth-order valence-electron chi connectivity index (χ4n) is 0.818. The maximum atomic E-state index is 10.2. The molecule has 0 saturated carbocycles. The molecule has 0 aromatic heterocycles. The Balaban J connectivity index is 2.26. The first-order valence-corrected chi connectivity index (χ1v) is 3.20. The van der Waals surface area contributed by atoms with Crippen molar-refractivity contribution in [1.82, 2.24) is 5.32 Å². The van der Waals surface area contributed by atoms with Crippen molar-refractivity contribution in [3.8, 4) is 0 Å². The van der Waals surface area contributed by atoms with Crippen molar-refractivity contribution in [3.63, 3.8) is 0 Å². The van der Waals surface area contributed by atoms with E-state index in [0.717, 1.165) is 25.9 Å². The Morgan fingerprint density at radius 1 is 1.67 bits per heavy atom. The minimum atomic E-state index is -0.0764. The van der Waals surface area contributed by atoms with Crippen LogP contribution in [0.15, 0.2) is 0 Å². The fourth-order valence-corrected chi connectivity index (χ4v) is 0.818. The quantitative estimate of drug-likeness (QED) is 0.488. The number of carbonyl (C=O) groups excluding carboxylic acids is 1. The summed E-state index contributed by atoms with van der Waals surface area (Å²) in [6, 6.07) is -0.0764. The normalized spacial score (nSPS) is 29.1. The molecule has 1 saturated heterocycles. The first-order chi connectivity index (χ1) is 4.43. The molecule has 1 rings (SSSR count). The van der Waals surface area contributed by atoms with E-state index in [1.807, 2.05) is 0 Å². The van der Waals surface area contributed by atoms with Crippen molar-refractivity contribution in [2.45, 2.75) is 12.5 Å². The van der Waals surface area contributed by atoms with Gasteiger partial charge >= 0.3 is 0 Å². The zero-order valence-corrected chi connectivity index (χ0v) is 5.30. The van der Waals surface area contributed by atoms with E-state index >= 15 is 0 Å². The summed E-state index contributed by atoms with van der Waals surface area (Å²) in [6.45, 7) is 2.20. The molecule has 0 aromatic carbocycles. The Hall–Kier alpha value is -0.410. The van der Waals surface area contributed by atoms with Gasteiger partial charge in [0.15, 0.2) is 0 Å². The number of hydrogen-bond donors (Lipinski definition) is 1. The zero-order valence-electron chi connectivity index (χ0n) is 5.30. The summed E-state index contributed by atoms with van der Waals surface area (Å²) >= 11 is 0. The van der Waals surface area contributed by atoms with Crippen LogP contribution in [0.1, 0.15) is 6.42 Å². The lowest BCUT2D eigenvalue weighted by Gasteiger charge is -2.04. The Kier molecular flexibility index (Phi) is 2.67. The van der Waals surface area contributed by atoms with Crippen molar-refractivity contribution < 1.29 is 9.53 Å². The Morgan fingerprint density at radius 2 is 2.56 bits per heavy atom. The van der Waals surface area contributed by atoms with Gasteiger partial charge < -0.3 is 14.8 Å². The summed E-state index contributed by atoms with van der Waals surface area (Å²) in [6.07, 6.45) is 1.90. The second-order valence-corrected chi connectivity index (χ2v) is 2.13. The molecule has 1 heterocycles. The summed E-state index contributed by atoms with van der Waals surface area (Å²) in [5.74, 6) is 0. The molecule has 0 spiro atoms. The van der Waals surface area contributed by atoms with Gasteiger partial charge in [0.05, 0.1) is 12.6 Å². The second kappa shape index (κ2) is 3.58. The number of ether oxygens (including phenoxy) is 1. The van der Waals surface area contributed by atoms with Crippen molar-refractivity contribution in [2.75, 3.05) is 19.8 Å². The average Bonchev–Trinajstić information content (AvgIpc) is 2.13. The Morgan fingerprint density at radius 3 is 3.33 bits per heavy atom. The van der Waals surface area contributed by atoms with Crippen LogP contribution in [0.2, 0.25) is 0 Å². The molecular formula is C6H11NO2. The van der Waals surface area contributed by atoms with Gasteiger partial charge in [0, 0.05) is 6.61 Å². The summed E-state index contributed by atoms with van der Waals surface area (Å²) in [4.78, 5) is 10.2. The monoisotopic (exact) mass is 129 g/mol. The van der Waals surface area contributed by atoms with Gasteiger partial charge in [-0.2, -0.15) is 0 Å². The molecule has 3 heteroatoms. The third-order valence-corrected chi connectivity index (χ3v) is 1.33. The zero-order chi connectivity index (χ0) is 6.53. The lowest BCUT2D eigenvalue weighted by atomic mass is 10.3. The SMILES string of the molecule is O=CC1COCCCN1. The van der Waals surface area contributed by atoms with Crippen LogP contribution in [0.3, 0.4) is 0 Å². The molecule has 1 aliphatic rings. The maximum absolute atomic E-state index is 10.2. The molecule has 3 nitrogen and oxygen atoms in total. The molecule has 1 fully saturated rings. The predicted octanol–water partition coefficient (Wildman–Crippen LogP) is -0.436. The molecule has 52 valence electrons. The fraction of sp³-hybridized carbons (Fsp3) is 0.833. The lowest BCUT2D eigenvalue weighted by Crippen LogP contribution is -2.32. The number of hydrogen-bond acceptors (Lipinski definition) is 3. The van der Waals surface area contributed by atoms with E-state index in [1.165, 1.54) is 0 Å². The highest BCUT2D eigenvalue weighted by Crippen LogP contribution is 1.90. The Bertz CT molecular complexity index is 87.1. The smallest absolute Gasteiger partial charge is 0.139 e. The topological polar surface area (TPSA) is 38.3 Å². The van der Waals surface area contributed by atoms with Gasteiger partial charge in [-0.15, -0.1) is 0 Å². The number of nitrogens with one attached hydrogen (secondary N) is 1. The summed E-state index contributed by atoms with van der Waals surface area (Å²) < 4.78 is 5.10. The first kappa shape index (κ1) is 6.71. The van der Waals surface area contributed by atoms with E-state index in [1.54, 1.807) is 0 Å². The highest BCUT2D eigenvalue weighted by molar-refractivity contribution is 5.57. The molecule has 1 aliphatic heterocycles. The van der Waals surface area contributed by atoms with Crippen LogP contribution in [-0.2, 0) is 9.53 Å². The van der Waals surface area contributed by atoms with E-state index in [9.17, 15) is 4.79 Å². The van der Waals surface area contributed by atoms with Crippen LogP contribution in [0.25, 0.3) is 0 Å². The number of aldehydes is 1. The summed E-state index contributed by atoms with van der Waals surface area (Å²) in [5, 5.41) is 3.04. The van der Waals surface area contributed by atoms with Gasteiger partial charge in [0.25, 0.3) is 0 Å². The second-order valence-electron chi connectivity index (χ2n) is 2.13. The number of carbonyl (C=O) groups is 1. The minimum Gasteiger partial charge on any atom is -0.379 e.